The Balaban J connectivity index is 3.33. The fraction of sp³-hybridized carbons (Fsp3) is 0.333. The van der Waals surface area contributed by atoms with Gasteiger partial charge in [-0.05, 0) is 22.6 Å². The Morgan fingerprint density at radius 2 is 2.15 bits per heavy atom. The topological polar surface area (TPSA) is 91.6 Å². The third-order valence-corrected chi connectivity index (χ3v) is 3.03. The Kier molecular flexibility index (Phi) is 5.08. The number of hydrogen-bond donors (Lipinski definition) is 0. The van der Waals surface area contributed by atoms with Crippen LogP contribution in [0, 0.1) is 13.7 Å². The molecule has 0 saturated heterocycles. The van der Waals surface area contributed by atoms with Gasteiger partial charge in [0.25, 0.3) is 0 Å². The van der Waals surface area contributed by atoms with Crippen LogP contribution in [0.1, 0.15) is 5.69 Å². The number of pyridine rings is 1. The van der Waals surface area contributed by atoms with Crippen LogP contribution in [0.4, 0.5) is 18.9 Å². The second-order valence-electron chi connectivity index (χ2n) is 3.29. The number of nitro groups is 1. The van der Waals surface area contributed by atoms with Crippen molar-refractivity contribution >= 4 is 34.2 Å². The third kappa shape index (κ3) is 4.18. The fourth-order valence-electron chi connectivity index (χ4n) is 1.18. The molecule has 0 bridgehead atoms. The molecule has 0 unspecified atom stereocenters. The quantitative estimate of drug-likeness (QED) is 0.330. The number of carbonyl (C=O) groups excluding carboxylic acids is 1. The van der Waals surface area contributed by atoms with Gasteiger partial charge >= 0.3 is 18.0 Å². The average Bonchev–Trinajstić information content (AvgIpc) is 2.31. The van der Waals surface area contributed by atoms with Gasteiger partial charge in [0.1, 0.15) is 9.77 Å². The lowest BCUT2D eigenvalue weighted by Crippen LogP contribution is -2.20. The van der Waals surface area contributed by atoms with E-state index in [-0.39, 0.29) is 0 Å². The molecule has 0 radical (unpaired) electrons. The van der Waals surface area contributed by atoms with E-state index in [0.29, 0.717) is 0 Å². The lowest BCUT2D eigenvalue weighted by Gasteiger charge is -2.13. The number of alkyl halides is 3. The molecule has 0 aromatic carbocycles. The molecule has 1 rings (SSSR count). The van der Waals surface area contributed by atoms with Gasteiger partial charge in [-0.1, -0.05) is 0 Å². The van der Waals surface area contributed by atoms with Gasteiger partial charge in [0.15, 0.2) is 5.75 Å². The third-order valence-electron chi connectivity index (χ3n) is 1.98. The monoisotopic (exact) mass is 406 g/mol. The first-order chi connectivity index (χ1) is 9.15. The highest BCUT2D eigenvalue weighted by Crippen LogP contribution is 2.35. The van der Waals surface area contributed by atoms with E-state index >= 15 is 0 Å². The van der Waals surface area contributed by atoms with Gasteiger partial charge in [-0.3, -0.25) is 14.9 Å². The van der Waals surface area contributed by atoms with Crippen molar-refractivity contribution in [2.45, 2.75) is 12.8 Å². The zero-order valence-electron chi connectivity index (χ0n) is 9.73. The van der Waals surface area contributed by atoms with Crippen LogP contribution >= 0.6 is 22.6 Å². The Hall–Kier alpha value is -1.66. The maximum absolute atomic E-state index is 12.3. The highest BCUT2D eigenvalue weighted by molar-refractivity contribution is 14.1. The smallest absolute Gasteiger partial charge is 0.469 e. The summed E-state index contributed by atoms with van der Waals surface area (Å²) in [6.07, 6.45) is -4.92. The molecule has 0 N–H and O–H groups in total. The highest BCUT2D eigenvalue weighted by Gasteiger charge is 2.35. The summed E-state index contributed by atoms with van der Waals surface area (Å²) in [6.45, 7) is 0. The molecule has 0 fully saturated rings. The largest absolute Gasteiger partial charge is 0.573 e. The molecule has 0 amide bonds. The van der Waals surface area contributed by atoms with E-state index in [1.54, 1.807) is 0 Å². The van der Waals surface area contributed by atoms with Crippen molar-refractivity contribution in [3.8, 4) is 5.75 Å². The predicted molar refractivity (Wildman–Crippen MR) is 66.0 cm³/mol. The average molecular weight is 406 g/mol. The second-order valence-corrected chi connectivity index (χ2v) is 4.37. The van der Waals surface area contributed by atoms with E-state index in [1.165, 1.54) is 22.6 Å². The molecular formula is C9H6F3IN2O5. The first-order valence-corrected chi connectivity index (χ1v) is 5.88. The zero-order chi connectivity index (χ0) is 15.5. The summed E-state index contributed by atoms with van der Waals surface area (Å²) in [5.41, 5.74) is -1.05. The summed E-state index contributed by atoms with van der Waals surface area (Å²) in [4.78, 5) is 24.3. The van der Waals surface area contributed by atoms with Crippen LogP contribution in [-0.4, -0.2) is 29.3 Å². The van der Waals surface area contributed by atoms with Crippen molar-refractivity contribution in [1.82, 2.24) is 4.98 Å². The zero-order valence-corrected chi connectivity index (χ0v) is 11.9. The van der Waals surface area contributed by atoms with Crippen LogP contribution in [0.2, 0.25) is 0 Å². The van der Waals surface area contributed by atoms with Crippen molar-refractivity contribution in [3.05, 3.63) is 25.6 Å². The Morgan fingerprint density at radius 3 is 2.60 bits per heavy atom. The van der Waals surface area contributed by atoms with Gasteiger partial charge in [0.2, 0.25) is 0 Å². The minimum absolute atomic E-state index is 0.399. The number of esters is 1. The SMILES string of the molecule is COC(=O)Cc1ncc([N+](=O)[O-])c(I)c1OC(F)(F)F. The molecule has 0 aliphatic carbocycles. The summed E-state index contributed by atoms with van der Waals surface area (Å²) < 4.78 is 44.6. The van der Waals surface area contributed by atoms with Gasteiger partial charge in [0.05, 0.1) is 24.1 Å². The molecule has 0 atom stereocenters. The van der Waals surface area contributed by atoms with Gasteiger partial charge < -0.3 is 9.47 Å². The van der Waals surface area contributed by atoms with Crippen molar-refractivity contribution < 1.29 is 32.4 Å². The number of halogens is 4. The van der Waals surface area contributed by atoms with Crippen LogP contribution in [0.25, 0.3) is 0 Å². The molecule has 20 heavy (non-hydrogen) atoms. The van der Waals surface area contributed by atoms with Crippen molar-refractivity contribution in [2.75, 3.05) is 7.11 Å². The molecule has 0 saturated carbocycles. The normalized spacial score (nSPS) is 11.1. The lowest BCUT2D eigenvalue weighted by molar-refractivity contribution is -0.386. The van der Waals surface area contributed by atoms with Crippen LogP contribution in [0.5, 0.6) is 5.75 Å². The molecule has 0 aliphatic rings. The van der Waals surface area contributed by atoms with Crippen LogP contribution in [0.3, 0.4) is 0 Å². The van der Waals surface area contributed by atoms with E-state index in [2.05, 4.69) is 14.5 Å². The predicted octanol–water partition coefficient (Wildman–Crippen LogP) is 2.21. The van der Waals surface area contributed by atoms with Crippen LogP contribution in [-0.2, 0) is 16.0 Å². The maximum Gasteiger partial charge on any atom is 0.573 e. The van der Waals surface area contributed by atoms with Crippen molar-refractivity contribution in [2.24, 2.45) is 0 Å². The van der Waals surface area contributed by atoms with Crippen molar-refractivity contribution in [3.63, 3.8) is 0 Å². The molecule has 110 valence electrons. The minimum atomic E-state index is -5.07. The summed E-state index contributed by atoms with van der Waals surface area (Å²) >= 11 is 1.32. The molecule has 1 aromatic heterocycles. The first-order valence-electron chi connectivity index (χ1n) is 4.80. The number of nitrogens with zero attached hydrogens (tertiary/aromatic N) is 2. The first kappa shape index (κ1) is 16.4. The Bertz CT molecular complexity index is 549. The van der Waals surface area contributed by atoms with Crippen LogP contribution in [0.15, 0.2) is 6.20 Å². The molecule has 1 aromatic rings. The maximum atomic E-state index is 12.3. The highest BCUT2D eigenvalue weighted by atomic mass is 127. The Morgan fingerprint density at radius 1 is 1.55 bits per heavy atom. The van der Waals surface area contributed by atoms with Gasteiger partial charge in [-0.2, -0.15) is 0 Å². The van der Waals surface area contributed by atoms with Crippen LogP contribution < -0.4 is 4.74 Å². The summed E-state index contributed by atoms with van der Waals surface area (Å²) in [5, 5.41) is 10.7. The molecular weight excluding hydrogens is 400 g/mol. The molecule has 11 heteroatoms. The lowest BCUT2D eigenvalue weighted by atomic mass is 10.2. The van der Waals surface area contributed by atoms with Gasteiger partial charge in [-0.15, -0.1) is 13.2 Å². The molecule has 0 aliphatic heterocycles. The van der Waals surface area contributed by atoms with E-state index in [0.717, 1.165) is 13.3 Å². The summed E-state index contributed by atoms with van der Waals surface area (Å²) in [6, 6.07) is 0. The second kappa shape index (κ2) is 6.19. The minimum Gasteiger partial charge on any atom is -0.469 e. The standard InChI is InChI=1S/C9H6F3IN2O5/c1-19-6(16)2-4-8(20-9(10,11)12)7(13)5(3-14-4)15(17)18/h3H,2H2,1H3. The molecule has 1 heterocycles. The number of carbonyl (C=O) groups is 1. The Labute approximate surface area is 123 Å². The van der Waals surface area contributed by atoms with E-state index in [1.807, 2.05) is 0 Å². The summed E-state index contributed by atoms with van der Waals surface area (Å²) in [5.74, 6) is -1.73. The number of aromatic nitrogens is 1. The number of methoxy groups -OCH3 is 1. The van der Waals surface area contributed by atoms with E-state index in [4.69, 9.17) is 0 Å². The van der Waals surface area contributed by atoms with Crippen molar-refractivity contribution in [1.29, 1.82) is 0 Å². The number of rotatable bonds is 4. The fourth-order valence-corrected chi connectivity index (χ4v) is 1.94. The number of hydrogen-bond acceptors (Lipinski definition) is 6. The number of ether oxygens (including phenoxy) is 2. The van der Waals surface area contributed by atoms with E-state index < -0.39 is 44.4 Å². The molecule has 0 spiro atoms. The van der Waals surface area contributed by atoms with E-state index in [9.17, 15) is 28.1 Å². The van der Waals surface area contributed by atoms with Gasteiger partial charge in [-0.25, -0.2) is 4.98 Å². The van der Waals surface area contributed by atoms with Gasteiger partial charge in [0, 0.05) is 0 Å². The summed E-state index contributed by atoms with van der Waals surface area (Å²) in [7, 11) is 1.04. The molecule has 7 nitrogen and oxygen atoms in total.